The lowest BCUT2D eigenvalue weighted by atomic mass is 10.1. The molecule has 0 aromatic rings. The topological polar surface area (TPSA) is 26.3 Å². The Morgan fingerprint density at radius 3 is 2.75 bits per heavy atom. The van der Waals surface area contributed by atoms with E-state index in [-0.39, 0.29) is 5.97 Å². The van der Waals surface area contributed by atoms with Gasteiger partial charge in [-0.3, -0.25) is 0 Å². The summed E-state index contributed by atoms with van der Waals surface area (Å²) < 4.78 is 4.65. The summed E-state index contributed by atoms with van der Waals surface area (Å²) in [6.45, 7) is 4.09. The molecule has 1 heterocycles. The summed E-state index contributed by atoms with van der Waals surface area (Å²) in [5.74, 6) is -0.226. The van der Waals surface area contributed by atoms with Crippen LogP contribution in [0.2, 0.25) is 0 Å². The predicted molar refractivity (Wildman–Crippen MR) is 29.3 cm³/mol. The number of cyclic esters (lactones) is 1. The fourth-order valence-electron chi connectivity index (χ4n) is 0.655. The van der Waals surface area contributed by atoms with Crippen LogP contribution in [0.15, 0.2) is 12.2 Å². The van der Waals surface area contributed by atoms with E-state index in [4.69, 9.17) is 0 Å². The maximum Gasteiger partial charge on any atom is 0.333 e. The highest BCUT2D eigenvalue weighted by molar-refractivity contribution is 5.88. The SMILES string of the molecule is C=C1CCCOC1=O. The maximum atomic E-state index is 10.5. The monoisotopic (exact) mass is 112 g/mol. The summed E-state index contributed by atoms with van der Waals surface area (Å²) in [4.78, 5) is 10.5. The second-order valence-electron chi connectivity index (χ2n) is 1.84. The molecule has 1 aliphatic rings. The Morgan fingerprint density at radius 1 is 1.62 bits per heavy atom. The van der Waals surface area contributed by atoms with Gasteiger partial charge in [0.25, 0.3) is 0 Å². The van der Waals surface area contributed by atoms with E-state index in [1.807, 2.05) is 0 Å². The molecule has 0 amide bonds. The van der Waals surface area contributed by atoms with Gasteiger partial charge in [0, 0.05) is 5.57 Å². The lowest BCUT2D eigenvalue weighted by Gasteiger charge is -2.11. The Bertz CT molecular complexity index is 110. The molecule has 0 aliphatic carbocycles. The van der Waals surface area contributed by atoms with Crippen molar-refractivity contribution in [2.24, 2.45) is 0 Å². The van der Waals surface area contributed by atoms with Gasteiger partial charge in [0.2, 0.25) is 0 Å². The van der Waals surface area contributed by atoms with E-state index in [0.717, 1.165) is 12.8 Å². The first-order chi connectivity index (χ1) is 3.80. The third kappa shape index (κ3) is 0.886. The van der Waals surface area contributed by atoms with Gasteiger partial charge in [-0.05, 0) is 12.8 Å². The average molecular weight is 112 g/mol. The number of esters is 1. The minimum atomic E-state index is -0.226. The number of hydrogen-bond acceptors (Lipinski definition) is 2. The number of ether oxygens (including phenoxy) is 1. The molecule has 0 aromatic carbocycles. The van der Waals surface area contributed by atoms with Crippen LogP contribution < -0.4 is 0 Å². The van der Waals surface area contributed by atoms with Gasteiger partial charge in [0.05, 0.1) is 6.61 Å². The number of carbonyl (C=O) groups excluding carboxylic acids is 1. The Balaban J connectivity index is 2.52. The first-order valence-corrected chi connectivity index (χ1v) is 2.65. The third-order valence-electron chi connectivity index (χ3n) is 1.14. The average Bonchev–Trinajstić information content (AvgIpc) is 1.77. The first kappa shape index (κ1) is 5.35. The fourth-order valence-corrected chi connectivity index (χ4v) is 0.655. The van der Waals surface area contributed by atoms with E-state index in [1.165, 1.54) is 0 Å². The zero-order valence-corrected chi connectivity index (χ0v) is 4.64. The van der Waals surface area contributed by atoms with E-state index in [0.29, 0.717) is 12.2 Å². The Kier molecular flexibility index (Phi) is 1.33. The summed E-state index contributed by atoms with van der Waals surface area (Å²) in [5.41, 5.74) is 0.608. The van der Waals surface area contributed by atoms with Crippen LogP contribution in [0.5, 0.6) is 0 Å². The maximum absolute atomic E-state index is 10.5. The van der Waals surface area contributed by atoms with Gasteiger partial charge in [-0.15, -0.1) is 0 Å². The molecule has 0 unspecified atom stereocenters. The van der Waals surface area contributed by atoms with Crippen LogP contribution in [0, 0.1) is 0 Å². The van der Waals surface area contributed by atoms with Gasteiger partial charge in [-0.25, -0.2) is 4.79 Å². The van der Waals surface area contributed by atoms with E-state index >= 15 is 0 Å². The standard InChI is InChI=1S/C6H8O2/c1-5-3-2-4-8-6(5)7/h1-4H2. The van der Waals surface area contributed by atoms with Crippen molar-refractivity contribution in [3.8, 4) is 0 Å². The Labute approximate surface area is 48.1 Å². The molecule has 0 bridgehead atoms. The van der Waals surface area contributed by atoms with Crippen LogP contribution >= 0.6 is 0 Å². The number of carbonyl (C=O) groups is 1. The molecule has 44 valence electrons. The molecule has 8 heavy (non-hydrogen) atoms. The molecule has 0 spiro atoms. The summed E-state index contributed by atoms with van der Waals surface area (Å²) >= 11 is 0. The Morgan fingerprint density at radius 2 is 2.38 bits per heavy atom. The van der Waals surface area contributed by atoms with Gasteiger partial charge in [-0.1, -0.05) is 6.58 Å². The summed E-state index contributed by atoms with van der Waals surface area (Å²) in [6, 6.07) is 0. The van der Waals surface area contributed by atoms with E-state index in [9.17, 15) is 4.79 Å². The molecule has 0 aromatic heterocycles. The van der Waals surface area contributed by atoms with Crippen LogP contribution in [0.3, 0.4) is 0 Å². The van der Waals surface area contributed by atoms with Crippen LogP contribution in [-0.4, -0.2) is 12.6 Å². The van der Waals surface area contributed by atoms with Gasteiger partial charge in [0.1, 0.15) is 0 Å². The second kappa shape index (κ2) is 1.99. The highest BCUT2D eigenvalue weighted by Gasteiger charge is 2.12. The fraction of sp³-hybridized carbons (Fsp3) is 0.500. The normalized spacial score (nSPS) is 20.5. The van der Waals surface area contributed by atoms with Crippen molar-refractivity contribution in [3.05, 3.63) is 12.2 Å². The van der Waals surface area contributed by atoms with Crippen molar-refractivity contribution in [3.63, 3.8) is 0 Å². The third-order valence-corrected chi connectivity index (χ3v) is 1.14. The lowest BCUT2D eigenvalue weighted by molar-refractivity contribution is -0.141. The van der Waals surface area contributed by atoms with Crippen molar-refractivity contribution in [1.82, 2.24) is 0 Å². The van der Waals surface area contributed by atoms with Crippen LogP contribution in [-0.2, 0) is 9.53 Å². The first-order valence-electron chi connectivity index (χ1n) is 2.65. The van der Waals surface area contributed by atoms with Gasteiger partial charge < -0.3 is 4.74 Å². The Hall–Kier alpha value is -0.790. The number of rotatable bonds is 0. The molecular formula is C6H8O2. The molecular weight excluding hydrogens is 104 g/mol. The molecule has 0 N–H and O–H groups in total. The molecule has 1 fully saturated rings. The van der Waals surface area contributed by atoms with Crippen molar-refractivity contribution >= 4 is 5.97 Å². The lowest BCUT2D eigenvalue weighted by Crippen LogP contribution is -2.14. The predicted octanol–water partition coefficient (Wildman–Crippen LogP) is 0.880. The molecule has 2 nitrogen and oxygen atoms in total. The molecule has 0 atom stereocenters. The zero-order chi connectivity index (χ0) is 5.98. The second-order valence-corrected chi connectivity index (χ2v) is 1.84. The quantitative estimate of drug-likeness (QED) is 0.343. The van der Waals surface area contributed by atoms with Crippen molar-refractivity contribution < 1.29 is 9.53 Å². The van der Waals surface area contributed by atoms with E-state index < -0.39 is 0 Å². The van der Waals surface area contributed by atoms with Crippen molar-refractivity contribution in [1.29, 1.82) is 0 Å². The van der Waals surface area contributed by atoms with Crippen LogP contribution in [0.4, 0.5) is 0 Å². The minimum absolute atomic E-state index is 0.226. The minimum Gasteiger partial charge on any atom is -0.462 e. The molecule has 2 heteroatoms. The number of hydrogen-bond donors (Lipinski definition) is 0. The molecule has 0 saturated carbocycles. The van der Waals surface area contributed by atoms with Crippen LogP contribution in [0.1, 0.15) is 12.8 Å². The summed E-state index contributed by atoms with van der Waals surface area (Å²) in [6.07, 6.45) is 1.74. The van der Waals surface area contributed by atoms with E-state index in [2.05, 4.69) is 11.3 Å². The highest BCUT2D eigenvalue weighted by Crippen LogP contribution is 2.10. The van der Waals surface area contributed by atoms with Crippen molar-refractivity contribution in [2.75, 3.05) is 6.61 Å². The molecule has 1 aliphatic heterocycles. The van der Waals surface area contributed by atoms with Gasteiger partial charge >= 0.3 is 5.97 Å². The van der Waals surface area contributed by atoms with Crippen LogP contribution in [0.25, 0.3) is 0 Å². The molecule has 1 saturated heterocycles. The van der Waals surface area contributed by atoms with Gasteiger partial charge in [0.15, 0.2) is 0 Å². The molecule has 0 radical (unpaired) electrons. The smallest absolute Gasteiger partial charge is 0.333 e. The summed E-state index contributed by atoms with van der Waals surface area (Å²) in [7, 11) is 0. The molecule has 1 rings (SSSR count). The zero-order valence-electron chi connectivity index (χ0n) is 4.64. The largest absolute Gasteiger partial charge is 0.462 e. The summed E-state index contributed by atoms with van der Waals surface area (Å²) in [5, 5.41) is 0. The highest BCUT2D eigenvalue weighted by atomic mass is 16.5. The van der Waals surface area contributed by atoms with Gasteiger partial charge in [-0.2, -0.15) is 0 Å². The van der Waals surface area contributed by atoms with E-state index in [1.54, 1.807) is 0 Å². The van der Waals surface area contributed by atoms with Crippen molar-refractivity contribution in [2.45, 2.75) is 12.8 Å².